The second kappa shape index (κ2) is 7.43. The van der Waals surface area contributed by atoms with E-state index in [-0.39, 0.29) is 11.9 Å². The van der Waals surface area contributed by atoms with E-state index in [2.05, 4.69) is 23.5 Å². The molecule has 1 aromatic heterocycles. The van der Waals surface area contributed by atoms with Gasteiger partial charge in [-0.05, 0) is 39.5 Å². The summed E-state index contributed by atoms with van der Waals surface area (Å²) in [6.45, 7) is 6.19. The summed E-state index contributed by atoms with van der Waals surface area (Å²) in [5.74, 6) is 0.0889. The third-order valence-corrected chi connectivity index (χ3v) is 3.95. The standard InChI is InChI=1S/C15H25N3O2/c1-3-18-11-12(10-17-18)9-16-14-7-5-13(6-8-14)15(19)20-4-2/h10-11,13-14,16H,3-9H2,1-2H3. The predicted molar refractivity (Wildman–Crippen MR) is 77.1 cm³/mol. The smallest absolute Gasteiger partial charge is 0.308 e. The average molecular weight is 279 g/mol. The normalized spacial score (nSPS) is 22.7. The number of esters is 1. The first-order chi connectivity index (χ1) is 9.72. The van der Waals surface area contributed by atoms with Gasteiger partial charge in [0.05, 0.1) is 18.7 Å². The van der Waals surface area contributed by atoms with Crippen LogP contribution in [-0.2, 0) is 22.6 Å². The molecule has 0 amide bonds. The minimum atomic E-state index is -0.0184. The molecule has 112 valence electrons. The van der Waals surface area contributed by atoms with Gasteiger partial charge in [0.1, 0.15) is 0 Å². The summed E-state index contributed by atoms with van der Waals surface area (Å²) in [6.07, 6.45) is 7.96. The van der Waals surface area contributed by atoms with E-state index < -0.39 is 0 Å². The van der Waals surface area contributed by atoms with Gasteiger partial charge in [-0.3, -0.25) is 9.48 Å². The Bertz CT molecular complexity index is 423. The van der Waals surface area contributed by atoms with Gasteiger partial charge in [0.2, 0.25) is 0 Å². The minimum absolute atomic E-state index is 0.0184. The highest BCUT2D eigenvalue weighted by Crippen LogP contribution is 2.25. The Labute approximate surface area is 120 Å². The molecule has 5 nitrogen and oxygen atoms in total. The van der Waals surface area contributed by atoms with Crippen LogP contribution in [0.5, 0.6) is 0 Å². The van der Waals surface area contributed by atoms with Crippen molar-refractivity contribution in [1.82, 2.24) is 15.1 Å². The first-order valence-electron chi connectivity index (χ1n) is 7.64. The fraction of sp³-hybridized carbons (Fsp3) is 0.733. The summed E-state index contributed by atoms with van der Waals surface area (Å²) in [5, 5.41) is 7.83. The molecule has 0 radical (unpaired) electrons. The van der Waals surface area contributed by atoms with Crippen molar-refractivity contribution in [2.45, 2.75) is 58.7 Å². The molecule has 20 heavy (non-hydrogen) atoms. The van der Waals surface area contributed by atoms with E-state index in [0.717, 1.165) is 38.8 Å². The molecule has 0 bridgehead atoms. The zero-order chi connectivity index (χ0) is 14.4. The topological polar surface area (TPSA) is 56.1 Å². The molecule has 1 fully saturated rings. The van der Waals surface area contributed by atoms with Crippen molar-refractivity contribution in [1.29, 1.82) is 0 Å². The Morgan fingerprint density at radius 1 is 1.40 bits per heavy atom. The quantitative estimate of drug-likeness (QED) is 0.810. The van der Waals surface area contributed by atoms with Crippen molar-refractivity contribution >= 4 is 5.97 Å². The number of aromatic nitrogens is 2. The minimum Gasteiger partial charge on any atom is -0.466 e. The Hall–Kier alpha value is -1.36. The van der Waals surface area contributed by atoms with Gasteiger partial charge in [0.25, 0.3) is 0 Å². The Morgan fingerprint density at radius 2 is 2.15 bits per heavy atom. The van der Waals surface area contributed by atoms with Gasteiger partial charge in [-0.15, -0.1) is 0 Å². The lowest BCUT2D eigenvalue weighted by Gasteiger charge is -2.27. The van der Waals surface area contributed by atoms with Crippen LogP contribution in [0.1, 0.15) is 45.1 Å². The van der Waals surface area contributed by atoms with Crippen molar-refractivity contribution in [3.8, 4) is 0 Å². The van der Waals surface area contributed by atoms with Crippen LogP contribution in [0, 0.1) is 5.92 Å². The van der Waals surface area contributed by atoms with E-state index >= 15 is 0 Å². The fourth-order valence-electron chi connectivity index (χ4n) is 2.73. The molecule has 1 aromatic rings. The van der Waals surface area contributed by atoms with Crippen molar-refractivity contribution in [2.24, 2.45) is 5.92 Å². The number of ether oxygens (including phenoxy) is 1. The summed E-state index contributed by atoms with van der Waals surface area (Å²) in [6, 6.07) is 0.505. The Morgan fingerprint density at radius 3 is 2.75 bits per heavy atom. The first-order valence-corrected chi connectivity index (χ1v) is 7.64. The Balaban J connectivity index is 1.70. The van der Waals surface area contributed by atoms with Crippen molar-refractivity contribution in [2.75, 3.05) is 6.61 Å². The van der Waals surface area contributed by atoms with Crippen LogP contribution in [0.15, 0.2) is 12.4 Å². The van der Waals surface area contributed by atoms with Crippen molar-refractivity contribution < 1.29 is 9.53 Å². The number of aryl methyl sites for hydroxylation is 1. The molecule has 0 aromatic carbocycles. The van der Waals surface area contributed by atoms with E-state index in [1.54, 1.807) is 0 Å². The molecule has 0 saturated heterocycles. The molecule has 0 unspecified atom stereocenters. The number of carbonyl (C=O) groups excluding carboxylic acids is 1. The summed E-state index contributed by atoms with van der Waals surface area (Å²) in [7, 11) is 0. The molecule has 5 heteroatoms. The van der Waals surface area contributed by atoms with Crippen molar-refractivity contribution in [3.63, 3.8) is 0 Å². The molecule has 1 N–H and O–H groups in total. The summed E-state index contributed by atoms with van der Waals surface area (Å²) < 4.78 is 7.03. The number of rotatable bonds is 6. The van der Waals surface area contributed by atoms with Gasteiger partial charge in [0.15, 0.2) is 0 Å². The van der Waals surface area contributed by atoms with Crippen LogP contribution in [0.2, 0.25) is 0 Å². The maximum Gasteiger partial charge on any atom is 0.308 e. The molecule has 0 aliphatic heterocycles. The number of nitrogens with one attached hydrogen (secondary N) is 1. The summed E-state index contributed by atoms with van der Waals surface area (Å²) >= 11 is 0. The van der Waals surface area contributed by atoms with E-state index in [1.165, 1.54) is 5.56 Å². The average Bonchev–Trinajstić information content (AvgIpc) is 2.94. The van der Waals surface area contributed by atoms with Crippen LogP contribution >= 0.6 is 0 Å². The number of hydrogen-bond donors (Lipinski definition) is 1. The summed E-state index contributed by atoms with van der Waals surface area (Å²) in [4.78, 5) is 11.7. The third-order valence-electron chi connectivity index (χ3n) is 3.95. The van der Waals surface area contributed by atoms with Gasteiger partial charge < -0.3 is 10.1 Å². The zero-order valence-corrected chi connectivity index (χ0v) is 12.5. The fourth-order valence-corrected chi connectivity index (χ4v) is 2.73. The first kappa shape index (κ1) is 15.0. The lowest BCUT2D eigenvalue weighted by molar-refractivity contribution is -0.149. The number of carbonyl (C=O) groups is 1. The molecular weight excluding hydrogens is 254 g/mol. The highest BCUT2D eigenvalue weighted by atomic mass is 16.5. The molecular formula is C15H25N3O2. The largest absolute Gasteiger partial charge is 0.466 e. The van der Waals surface area contributed by atoms with E-state index in [1.807, 2.05) is 17.8 Å². The molecule has 0 spiro atoms. The van der Waals surface area contributed by atoms with E-state index in [4.69, 9.17) is 4.74 Å². The van der Waals surface area contributed by atoms with Crippen LogP contribution in [0.25, 0.3) is 0 Å². The van der Waals surface area contributed by atoms with Crippen LogP contribution in [0.3, 0.4) is 0 Å². The highest BCUT2D eigenvalue weighted by molar-refractivity contribution is 5.72. The molecule has 2 rings (SSSR count). The summed E-state index contributed by atoms with van der Waals surface area (Å²) in [5.41, 5.74) is 1.22. The molecule has 1 saturated carbocycles. The van der Waals surface area contributed by atoms with Gasteiger partial charge in [-0.1, -0.05) is 0 Å². The second-order valence-corrected chi connectivity index (χ2v) is 5.39. The zero-order valence-electron chi connectivity index (χ0n) is 12.5. The SMILES string of the molecule is CCOC(=O)C1CCC(NCc2cnn(CC)c2)CC1. The van der Waals surface area contributed by atoms with Crippen LogP contribution in [0.4, 0.5) is 0 Å². The maximum absolute atomic E-state index is 11.7. The predicted octanol–water partition coefficient (Wildman–Crippen LogP) is 2.11. The van der Waals surface area contributed by atoms with Crippen LogP contribution in [-0.4, -0.2) is 28.4 Å². The lowest BCUT2D eigenvalue weighted by Crippen LogP contribution is -2.35. The Kier molecular flexibility index (Phi) is 5.59. The van der Waals surface area contributed by atoms with Gasteiger partial charge in [0, 0.05) is 30.9 Å². The lowest BCUT2D eigenvalue weighted by atomic mass is 9.86. The maximum atomic E-state index is 11.7. The van der Waals surface area contributed by atoms with Crippen molar-refractivity contribution in [3.05, 3.63) is 18.0 Å². The number of nitrogens with zero attached hydrogens (tertiary/aromatic N) is 2. The van der Waals surface area contributed by atoms with Gasteiger partial charge >= 0.3 is 5.97 Å². The van der Waals surface area contributed by atoms with E-state index in [9.17, 15) is 4.79 Å². The second-order valence-electron chi connectivity index (χ2n) is 5.39. The monoisotopic (exact) mass is 279 g/mol. The molecule has 1 aliphatic rings. The molecule has 0 atom stereocenters. The van der Waals surface area contributed by atoms with Crippen LogP contribution < -0.4 is 5.32 Å². The van der Waals surface area contributed by atoms with Gasteiger partial charge in [-0.25, -0.2) is 0 Å². The molecule has 1 heterocycles. The van der Waals surface area contributed by atoms with E-state index in [0.29, 0.717) is 12.6 Å². The third kappa shape index (κ3) is 4.07. The van der Waals surface area contributed by atoms with Gasteiger partial charge in [-0.2, -0.15) is 5.10 Å². The highest BCUT2D eigenvalue weighted by Gasteiger charge is 2.26. The number of hydrogen-bond acceptors (Lipinski definition) is 4. The molecule has 1 aliphatic carbocycles.